The van der Waals surface area contributed by atoms with Crippen molar-refractivity contribution in [1.82, 2.24) is 4.57 Å². The van der Waals surface area contributed by atoms with Gasteiger partial charge >= 0.3 is 6.18 Å². The van der Waals surface area contributed by atoms with E-state index in [2.05, 4.69) is 0 Å². The first-order chi connectivity index (χ1) is 9.48. The van der Waals surface area contributed by atoms with E-state index in [0.717, 1.165) is 36.6 Å². The van der Waals surface area contributed by atoms with E-state index in [1.807, 2.05) is 6.07 Å². The Labute approximate surface area is 115 Å². The Bertz CT molecular complexity index is 628. The van der Waals surface area contributed by atoms with E-state index in [0.29, 0.717) is 0 Å². The molecule has 106 valence electrons. The van der Waals surface area contributed by atoms with Crippen LogP contribution in [0.1, 0.15) is 35.7 Å². The highest BCUT2D eigenvalue weighted by molar-refractivity contribution is 5.47. The van der Waals surface area contributed by atoms with Crippen LogP contribution < -0.4 is 5.73 Å². The number of hydrogen-bond acceptors (Lipinski definition) is 1. The van der Waals surface area contributed by atoms with Crippen molar-refractivity contribution in [3.63, 3.8) is 0 Å². The Hall–Kier alpha value is -1.75. The molecule has 5 heteroatoms. The predicted octanol–water partition coefficient (Wildman–Crippen LogP) is 3.83. The Kier molecular flexibility index (Phi) is 3.09. The minimum atomic E-state index is -4.36. The van der Waals surface area contributed by atoms with Crippen LogP contribution >= 0.6 is 0 Å². The van der Waals surface area contributed by atoms with Gasteiger partial charge < -0.3 is 10.3 Å². The van der Waals surface area contributed by atoms with E-state index >= 15 is 0 Å². The summed E-state index contributed by atoms with van der Waals surface area (Å²) in [5.41, 5.74) is 7.46. The van der Waals surface area contributed by atoms with Crippen LogP contribution in [0.3, 0.4) is 0 Å². The van der Waals surface area contributed by atoms with Gasteiger partial charge in [0, 0.05) is 17.9 Å². The van der Waals surface area contributed by atoms with Crippen molar-refractivity contribution in [1.29, 1.82) is 0 Å². The van der Waals surface area contributed by atoms with Gasteiger partial charge in [0.1, 0.15) is 0 Å². The summed E-state index contributed by atoms with van der Waals surface area (Å²) >= 11 is 0. The van der Waals surface area contributed by atoms with E-state index in [-0.39, 0.29) is 11.7 Å². The van der Waals surface area contributed by atoms with Crippen LogP contribution in [0.2, 0.25) is 0 Å². The van der Waals surface area contributed by atoms with Gasteiger partial charge in [0.25, 0.3) is 0 Å². The molecule has 0 radical (unpaired) electrons. The molecule has 0 fully saturated rings. The first-order valence-electron chi connectivity index (χ1n) is 6.61. The van der Waals surface area contributed by atoms with Gasteiger partial charge in [0.2, 0.25) is 0 Å². The second kappa shape index (κ2) is 4.66. The molecule has 3 rings (SSSR count). The topological polar surface area (TPSA) is 30.9 Å². The SMILES string of the molecule is NC1CCCc2c1ccn2-c1ccccc1C(F)(F)F. The Balaban J connectivity index is 2.16. The zero-order valence-corrected chi connectivity index (χ0v) is 10.8. The molecule has 0 saturated heterocycles. The van der Waals surface area contributed by atoms with E-state index in [9.17, 15) is 13.2 Å². The lowest BCUT2D eigenvalue weighted by Crippen LogP contribution is -2.19. The monoisotopic (exact) mass is 280 g/mol. The molecular formula is C15H15F3N2. The maximum absolute atomic E-state index is 13.1. The normalized spacial score (nSPS) is 18.9. The zero-order chi connectivity index (χ0) is 14.3. The van der Waals surface area contributed by atoms with Crippen molar-refractivity contribution in [2.75, 3.05) is 0 Å². The number of benzene rings is 1. The molecule has 2 aromatic rings. The first kappa shape index (κ1) is 13.2. The maximum Gasteiger partial charge on any atom is 0.418 e. The van der Waals surface area contributed by atoms with Gasteiger partial charge in [-0.2, -0.15) is 13.2 Å². The number of alkyl halides is 3. The van der Waals surface area contributed by atoms with Gasteiger partial charge in [0.15, 0.2) is 0 Å². The van der Waals surface area contributed by atoms with Crippen LogP contribution in [0.25, 0.3) is 5.69 Å². The van der Waals surface area contributed by atoms with Gasteiger partial charge in [-0.15, -0.1) is 0 Å². The summed E-state index contributed by atoms with van der Waals surface area (Å²) in [7, 11) is 0. The van der Waals surface area contributed by atoms with Crippen molar-refractivity contribution in [3.05, 3.63) is 53.3 Å². The molecule has 1 aliphatic rings. The smallest absolute Gasteiger partial charge is 0.324 e. The van der Waals surface area contributed by atoms with Crippen molar-refractivity contribution >= 4 is 0 Å². The average Bonchev–Trinajstić information content (AvgIpc) is 2.83. The van der Waals surface area contributed by atoms with Crippen LogP contribution in [0.15, 0.2) is 36.5 Å². The Morgan fingerprint density at radius 1 is 1.15 bits per heavy atom. The molecular weight excluding hydrogens is 265 g/mol. The van der Waals surface area contributed by atoms with E-state index in [4.69, 9.17) is 5.73 Å². The number of nitrogens with two attached hydrogens (primary N) is 1. The molecule has 0 amide bonds. The van der Waals surface area contributed by atoms with Crippen molar-refractivity contribution in [2.45, 2.75) is 31.5 Å². The number of halogens is 3. The summed E-state index contributed by atoms with van der Waals surface area (Å²) in [6.07, 6.45) is -0.0997. The second-order valence-corrected chi connectivity index (χ2v) is 5.10. The first-order valence-corrected chi connectivity index (χ1v) is 6.61. The lowest BCUT2D eigenvalue weighted by Gasteiger charge is -2.22. The quantitative estimate of drug-likeness (QED) is 0.845. The van der Waals surface area contributed by atoms with E-state index in [1.165, 1.54) is 12.1 Å². The molecule has 0 aliphatic heterocycles. The standard InChI is InChI=1S/C15H15F3N2/c16-15(17,18)11-4-1-2-6-14(11)20-9-8-10-12(19)5-3-7-13(10)20/h1-2,4,6,8-9,12H,3,5,7,19H2. The molecule has 0 bridgehead atoms. The van der Waals surface area contributed by atoms with Gasteiger partial charge in [-0.3, -0.25) is 0 Å². The largest absolute Gasteiger partial charge is 0.418 e. The summed E-state index contributed by atoms with van der Waals surface area (Å²) in [6.45, 7) is 0. The molecule has 1 heterocycles. The third-order valence-corrected chi connectivity index (χ3v) is 3.82. The minimum Gasteiger partial charge on any atom is -0.324 e. The van der Waals surface area contributed by atoms with Gasteiger partial charge in [-0.05, 0) is 43.0 Å². The van der Waals surface area contributed by atoms with Crippen molar-refractivity contribution < 1.29 is 13.2 Å². The van der Waals surface area contributed by atoms with Crippen LogP contribution in [0.5, 0.6) is 0 Å². The molecule has 2 nitrogen and oxygen atoms in total. The maximum atomic E-state index is 13.1. The van der Waals surface area contributed by atoms with Crippen LogP contribution in [-0.4, -0.2) is 4.57 Å². The van der Waals surface area contributed by atoms with Gasteiger partial charge in [-0.1, -0.05) is 12.1 Å². The molecule has 1 unspecified atom stereocenters. The van der Waals surface area contributed by atoms with Crippen LogP contribution in [0.4, 0.5) is 13.2 Å². The van der Waals surface area contributed by atoms with Gasteiger partial charge in [-0.25, -0.2) is 0 Å². The molecule has 20 heavy (non-hydrogen) atoms. The predicted molar refractivity (Wildman–Crippen MR) is 70.6 cm³/mol. The van der Waals surface area contributed by atoms with Crippen molar-refractivity contribution in [3.8, 4) is 5.69 Å². The summed E-state index contributed by atoms with van der Waals surface area (Å²) in [5.74, 6) is 0. The molecule has 1 aromatic carbocycles. The summed E-state index contributed by atoms with van der Waals surface area (Å²) < 4.78 is 41.0. The third-order valence-electron chi connectivity index (χ3n) is 3.82. The molecule has 0 saturated carbocycles. The Morgan fingerprint density at radius 3 is 2.65 bits per heavy atom. The highest BCUT2D eigenvalue weighted by Crippen LogP contribution is 2.36. The number of rotatable bonds is 1. The van der Waals surface area contributed by atoms with E-state index < -0.39 is 11.7 Å². The lowest BCUT2D eigenvalue weighted by molar-refractivity contribution is -0.137. The fourth-order valence-corrected chi connectivity index (χ4v) is 2.88. The molecule has 1 atom stereocenters. The molecule has 0 spiro atoms. The summed E-state index contributed by atoms with van der Waals surface area (Å²) in [5, 5.41) is 0. The number of hydrogen-bond donors (Lipinski definition) is 1. The number of fused-ring (bicyclic) bond motifs is 1. The van der Waals surface area contributed by atoms with Crippen LogP contribution in [0, 0.1) is 0 Å². The highest BCUT2D eigenvalue weighted by atomic mass is 19.4. The average molecular weight is 280 g/mol. The fraction of sp³-hybridized carbons (Fsp3) is 0.333. The van der Waals surface area contributed by atoms with E-state index in [1.54, 1.807) is 16.8 Å². The second-order valence-electron chi connectivity index (χ2n) is 5.10. The van der Waals surface area contributed by atoms with Crippen LogP contribution in [-0.2, 0) is 12.6 Å². The highest BCUT2D eigenvalue weighted by Gasteiger charge is 2.34. The Morgan fingerprint density at radius 2 is 1.90 bits per heavy atom. The summed E-state index contributed by atoms with van der Waals surface area (Å²) in [6, 6.07) is 7.42. The van der Waals surface area contributed by atoms with Gasteiger partial charge in [0.05, 0.1) is 11.3 Å². The molecule has 1 aliphatic carbocycles. The summed E-state index contributed by atoms with van der Waals surface area (Å²) in [4.78, 5) is 0. The lowest BCUT2D eigenvalue weighted by atomic mass is 9.93. The zero-order valence-electron chi connectivity index (χ0n) is 10.8. The number of nitrogens with zero attached hydrogens (tertiary/aromatic N) is 1. The number of aromatic nitrogens is 1. The third kappa shape index (κ3) is 2.12. The minimum absolute atomic E-state index is 0.0713. The van der Waals surface area contributed by atoms with Crippen molar-refractivity contribution in [2.24, 2.45) is 5.73 Å². The fourth-order valence-electron chi connectivity index (χ4n) is 2.88. The number of para-hydroxylation sites is 1. The molecule has 2 N–H and O–H groups in total. The molecule has 1 aromatic heterocycles.